The van der Waals surface area contributed by atoms with Crippen LogP contribution in [-0.2, 0) is 14.4 Å². The molecule has 2 fully saturated rings. The first-order chi connectivity index (χ1) is 17.2. The minimum atomic E-state index is -1.15. The van der Waals surface area contributed by atoms with Gasteiger partial charge in [0.1, 0.15) is 17.0 Å². The van der Waals surface area contributed by atoms with Crippen LogP contribution >= 0.6 is 0 Å². The van der Waals surface area contributed by atoms with E-state index in [2.05, 4.69) is 10.6 Å². The van der Waals surface area contributed by atoms with Gasteiger partial charge in [-0.1, -0.05) is 42.8 Å². The van der Waals surface area contributed by atoms with Crippen molar-refractivity contribution < 1.29 is 23.9 Å². The number of nitrogens with one attached hydrogen (secondary N) is 2. The van der Waals surface area contributed by atoms with Gasteiger partial charge in [0.15, 0.2) is 6.61 Å². The van der Waals surface area contributed by atoms with Gasteiger partial charge < -0.3 is 25.0 Å². The maximum Gasteiger partial charge on any atom is 0.258 e. The van der Waals surface area contributed by atoms with E-state index in [1.54, 1.807) is 38.0 Å². The molecule has 0 aliphatic carbocycles. The van der Waals surface area contributed by atoms with Gasteiger partial charge in [-0.3, -0.25) is 14.4 Å². The number of nitrogens with zero attached hydrogens (tertiary/aromatic N) is 1. The molecule has 2 atom stereocenters. The number of methoxy groups -OCH3 is 1. The fourth-order valence-corrected chi connectivity index (χ4v) is 5.42. The predicted molar refractivity (Wildman–Crippen MR) is 136 cm³/mol. The molecular formula is C28H35N3O5. The Morgan fingerprint density at radius 3 is 2.58 bits per heavy atom. The van der Waals surface area contributed by atoms with E-state index in [9.17, 15) is 14.4 Å². The number of amides is 3. The molecule has 192 valence electrons. The van der Waals surface area contributed by atoms with E-state index >= 15 is 0 Å². The summed E-state index contributed by atoms with van der Waals surface area (Å²) in [6, 6.07) is 16.8. The average molecular weight is 494 g/mol. The Bertz CT molecular complexity index is 1100. The number of carbonyl (C=O) groups is 3. The number of rotatable bonds is 7. The van der Waals surface area contributed by atoms with Crippen LogP contribution < -0.4 is 20.1 Å². The number of carbonyl (C=O) groups excluding carboxylic acids is 3. The summed E-state index contributed by atoms with van der Waals surface area (Å²) in [4.78, 5) is 40.8. The second-order valence-corrected chi connectivity index (χ2v) is 10.2. The number of hydrogen-bond donors (Lipinski definition) is 2. The maximum atomic E-state index is 13.7. The molecule has 2 aromatic carbocycles. The van der Waals surface area contributed by atoms with Crippen molar-refractivity contribution in [3.8, 4) is 11.5 Å². The van der Waals surface area contributed by atoms with Crippen LogP contribution in [0.5, 0.6) is 11.5 Å². The van der Waals surface area contributed by atoms with E-state index < -0.39 is 11.1 Å². The van der Waals surface area contributed by atoms with Gasteiger partial charge in [-0.05, 0) is 44.9 Å². The molecular weight excluding hydrogens is 458 g/mol. The lowest BCUT2D eigenvalue weighted by atomic mass is 9.78. The Morgan fingerprint density at radius 1 is 1.11 bits per heavy atom. The summed E-state index contributed by atoms with van der Waals surface area (Å²) in [5.41, 5.74) is -0.771. The van der Waals surface area contributed by atoms with Gasteiger partial charge in [0.05, 0.1) is 12.6 Å². The highest BCUT2D eigenvalue weighted by Crippen LogP contribution is 2.44. The third-order valence-corrected chi connectivity index (χ3v) is 7.11. The first-order valence-electron chi connectivity index (χ1n) is 12.5. The van der Waals surface area contributed by atoms with Crippen LogP contribution in [0.3, 0.4) is 0 Å². The van der Waals surface area contributed by atoms with Crippen molar-refractivity contribution >= 4 is 17.7 Å². The largest absolute Gasteiger partial charge is 0.496 e. The van der Waals surface area contributed by atoms with Crippen molar-refractivity contribution in [1.29, 1.82) is 0 Å². The number of hydrogen-bond acceptors (Lipinski definition) is 5. The second kappa shape index (κ2) is 10.6. The van der Waals surface area contributed by atoms with Crippen LogP contribution in [0.2, 0.25) is 0 Å². The number of likely N-dealkylation sites (tertiary alicyclic amines) is 1. The van der Waals surface area contributed by atoms with Crippen molar-refractivity contribution in [1.82, 2.24) is 15.5 Å². The average Bonchev–Trinajstić information content (AvgIpc) is 3.12. The normalized spacial score (nSPS) is 22.0. The zero-order chi connectivity index (χ0) is 25.8. The lowest BCUT2D eigenvalue weighted by Crippen LogP contribution is -2.58. The summed E-state index contributed by atoms with van der Waals surface area (Å²) in [5.74, 6) is 0.614. The molecule has 2 heterocycles. The molecule has 1 spiro atoms. The molecule has 2 N–H and O–H groups in total. The standard InChI is InChI=1S/C28H35N3O5/c1-27(2,29-25(33)18-36-20-11-5-4-6-12-20)26(34)31-17-22(21-13-7-8-14-23(21)35-3)28(19-31)16-10-9-15-24(32)30-28/h4-8,11-14,22H,9-10,15-19H2,1-3H3,(H,29,33)(H,30,32)/t22-,28+/m0/s1. The zero-order valence-corrected chi connectivity index (χ0v) is 21.2. The van der Waals surface area contributed by atoms with E-state index in [4.69, 9.17) is 9.47 Å². The Labute approximate surface area is 212 Å². The van der Waals surface area contributed by atoms with Crippen molar-refractivity contribution in [2.24, 2.45) is 0 Å². The van der Waals surface area contributed by atoms with E-state index in [-0.39, 0.29) is 30.2 Å². The highest BCUT2D eigenvalue weighted by atomic mass is 16.5. The molecule has 0 aromatic heterocycles. The quantitative estimate of drug-likeness (QED) is 0.618. The van der Waals surface area contributed by atoms with Crippen molar-refractivity contribution in [3.63, 3.8) is 0 Å². The summed E-state index contributed by atoms with van der Waals surface area (Å²) >= 11 is 0. The third-order valence-electron chi connectivity index (χ3n) is 7.11. The van der Waals surface area contributed by atoms with Crippen molar-refractivity contribution in [2.75, 3.05) is 26.8 Å². The highest BCUT2D eigenvalue weighted by molar-refractivity contribution is 5.91. The van der Waals surface area contributed by atoms with Crippen LogP contribution in [0.1, 0.15) is 51.0 Å². The first kappa shape index (κ1) is 25.5. The predicted octanol–water partition coefficient (Wildman–Crippen LogP) is 3.02. The van der Waals surface area contributed by atoms with Crippen LogP contribution in [0.15, 0.2) is 54.6 Å². The fraction of sp³-hybridized carbons (Fsp3) is 0.464. The summed E-state index contributed by atoms with van der Waals surface area (Å²) in [7, 11) is 1.63. The molecule has 2 aromatic rings. The summed E-state index contributed by atoms with van der Waals surface area (Å²) in [6.07, 6.45) is 2.97. The van der Waals surface area contributed by atoms with Crippen LogP contribution in [-0.4, -0.2) is 60.5 Å². The topological polar surface area (TPSA) is 97.0 Å². The third kappa shape index (κ3) is 5.48. The van der Waals surface area contributed by atoms with Gasteiger partial charge >= 0.3 is 0 Å². The minimum absolute atomic E-state index is 0.00678. The van der Waals surface area contributed by atoms with Crippen molar-refractivity contribution in [3.05, 3.63) is 60.2 Å². The molecule has 3 amide bonds. The molecule has 0 radical (unpaired) electrons. The molecule has 2 aliphatic rings. The SMILES string of the molecule is COc1ccccc1[C@@H]1CN(C(=O)C(C)(C)NC(=O)COc2ccccc2)C[C@]12CCCCC(=O)N2. The lowest BCUT2D eigenvalue weighted by Gasteiger charge is -2.35. The monoisotopic (exact) mass is 493 g/mol. The summed E-state index contributed by atoms with van der Waals surface area (Å²) < 4.78 is 11.2. The van der Waals surface area contributed by atoms with Crippen LogP contribution in [0, 0.1) is 0 Å². The van der Waals surface area contributed by atoms with Crippen LogP contribution in [0.25, 0.3) is 0 Å². The fourth-order valence-electron chi connectivity index (χ4n) is 5.42. The summed E-state index contributed by atoms with van der Waals surface area (Å²) in [5, 5.41) is 6.10. The smallest absolute Gasteiger partial charge is 0.258 e. The van der Waals surface area contributed by atoms with Gasteiger partial charge in [0.25, 0.3) is 5.91 Å². The number of benzene rings is 2. The molecule has 0 saturated carbocycles. The molecule has 2 aliphatic heterocycles. The van der Waals surface area contributed by atoms with Crippen LogP contribution in [0.4, 0.5) is 0 Å². The highest BCUT2D eigenvalue weighted by Gasteiger charge is 2.52. The van der Waals surface area contributed by atoms with E-state index in [0.717, 1.165) is 30.6 Å². The van der Waals surface area contributed by atoms with E-state index in [0.29, 0.717) is 25.3 Å². The maximum absolute atomic E-state index is 13.7. The first-order valence-corrected chi connectivity index (χ1v) is 12.5. The van der Waals surface area contributed by atoms with Crippen molar-refractivity contribution in [2.45, 2.75) is 56.5 Å². The Balaban J connectivity index is 1.53. The van der Waals surface area contributed by atoms with E-state index in [1.807, 2.05) is 42.5 Å². The molecule has 0 unspecified atom stereocenters. The molecule has 0 bridgehead atoms. The molecule has 36 heavy (non-hydrogen) atoms. The number of para-hydroxylation sites is 2. The van der Waals surface area contributed by atoms with Gasteiger partial charge in [0.2, 0.25) is 11.8 Å². The van der Waals surface area contributed by atoms with E-state index in [1.165, 1.54) is 0 Å². The summed E-state index contributed by atoms with van der Waals surface area (Å²) in [6.45, 7) is 4.00. The minimum Gasteiger partial charge on any atom is -0.496 e. The van der Waals surface area contributed by atoms with Gasteiger partial charge in [-0.25, -0.2) is 0 Å². The molecule has 2 saturated heterocycles. The Morgan fingerprint density at radius 2 is 1.83 bits per heavy atom. The van der Waals surface area contributed by atoms with Gasteiger partial charge in [-0.15, -0.1) is 0 Å². The zero-order valence-electron chi connectivity index (χ0n) is 21.2. The van der Waals surface area contributed by atoms with Gasteiger partial charge in [-0.2, -0.15) is 0 Å². The molecule has 8 heteroatoms. The van der Waals surface area contributed by atoms with Gasteiger partial charge in [0, 0.05) is 31.0 Å². The Kier molecular flexibility index (Phi) is 7.52. The molecule has 8 nitrogen and oxygen atoms in total. The number of ether oxygens (including phenoxy) is 2. The Hall–Kier alpha value is -3.55. The lowest BCUT2D eigenvalue weighted by molar-refractivity contribution is -0.140. The second-order valence-electron chi connectivity index (χ2n) is 10.2. The molecule has 4 rings (SSSR count).